The maximum Gasteiger partial charge on any atom is 0.412 e. The molecule has 0 unspecified atom stereocenters. The number of amides is 3. The van der Waals surface area contributed by atoms with Crippen molar-refractivity contribution >= 4 is 28.9 Å². The lowest BCUT2D eigenvalue weighted by Crippen LogP contribution is -2.35. The van der Waals surface area contributed by atoms with Gasteiger partial charge >= 0.3 is 6.09 Å². The molecule has 0 aliphatic heterocycles. The molecular formula is C37H45N5O4. The van der Waals surface area contributed by atoms with Gasteiger partial charge in [-0.05, 0) is 81.3 Å². The molecule has 0 atom stereocenters. The molecule has 1 heterocycles. The van der Waals surface area contributed by atoms with Gasteiger partial charge < -0.3 is 26.1 Å². The predicted molar refractivity (Wildman–Crippen MR) is 185 cm³/mol. The van der Waals surface area contributed by atoms with Crippen LogP contribution in [0.1, 0.15) is 68.6 Å². The van der Waals surface area contributed by atoms with Crippen molar-refractivity contribution in [1.82, 2.24) is 20.6 Å². The number of fused-ring (bicyclic) bond motifs is 1. The van der Waals surface area contributed by atoms with Gasteiger partial charge in [-0.1, -0.05) is 73.8 Å². The van der Waals surface area contributed by atoms with Gasteiger partial charge in [0.25, 0.3) is 5.91 Å². The zero-order valence-electron chi connectivity index (χ0n) is 26.5. The number of rotatable bonds is 19. The summed E-state index contributed by atoms with van der Waals surface area (Å²) in [6.45, 7) is 2.70. The van der Waals surface area contributed by atoms with Crippen LogP contribution in [-0.4, -0.2) is 41.0 Å². The standard InChI is InChI=1S/C37H45N5O4/c1-2-3-4-5-6-7-8-9-10-11-12-13-14-15-16-17-18-22-33(43)39-27-28-40-37(45)46-30-25-23-29(24-26-30)36-41-32-21-19-20-31(35(38)44)34(32)42-36/h3-4,6-7,9-10,12-13,15-16,19-21,23-26H,2,5,8,11,14,17-18,22,27-28H2,1H3,(H2,38,44)(H,39,43)(H,40,45)(H,41,42)/b4-3-,7-6-,10-9-,13-12-,16-15-. The number of unbranched alkanes of at least 4 members (excludes halogenated alkanes) is 1. The van der Waals surface area contributed by atoms with Gasteiger partial charge in [-0.15, -0.1) is 0 Å². The number of imidazole rings is 1. The zero-order chi connectivity index (χ0) is 32.8. The highest BCUT2D eigenvalue weighted by molar-refractivity contribution is 6.04. The molecule has 0 bridgehead atoms. The van der Waals surface area contributed by atoms with Crippen molar-refractivity contribution in [2.24, 2.45) is 5.73 Å². The number of nitrogens with two attached hydrogens (primary N) is 1. The van der Waals surface area contributed by atoms with Crippen molar-refractivity contribution in [3.8, 4) is 17.1 Å². The second-order valence-electron chi connectivity index (χ2n) is 10.4. The molecule has 0 saturated heterocycles. The van der Waals surface area contributed by atoms with Crippen LogP contribution in [0.15, 0.2) is 103 Å². The molecule has 0 aliphatic rings. The van der Waals surface area contributed by atoms with E-state index in [9.17, 15) is 14.4 Å². The molecular weight excluding hydrogens is 578 g/mol. The SMILES string of the molecule is CC/C=C\C/C=C\C/C=C\C/C=C\C/C=C\CCCC(=O)NCCNC(=O)Oc1ccc(-c2nc3c(C(N)=O)cccc3[nH]2)cc1. The first-order chi connectivity index (χ1) is 22.5. The number of primary amides is 1. The molecule has 0 radical (unpaired) electrons. The van der Waals surface area contributed by atoms with Crippen LogP contribution < -0.4 is 21.1 Å². The third-order valence-electron chi connectivity index (χ3n) is 6.77. The Labute approximate surface area is 271 Å². The molecule has 3 amide bonds. The summed E-state index contributed by atoms with van der Waals surface area (Å²) in [7, 11) is 0. The summed E-state index contributed by atoms with van der Waals surface area (Å²) < 4.78 is 5.31. The van der Waals surface area contributed by atoms with E-state index in [0.29, 0.717) is 41.1 Å². The van der Waals surface area contributed by atoms with Crippen LogP contribution in [0.4, 0.5) is 4.79 Å². The summed E-state index contributed by atoms with van der Waals surface area (Å²) in [6, 6.07) is 12.0. The second kappa shape index (κ2) is 20.7. The maximum absolute atomic E-state index is 12.1. The molecule has 9 heteroatoms. The first-order valence-electron chi connectivity index (χ1n) is 15.8. The van der Waals surface area contributed by atoms with E-state index in [2.05, 4.69) is 88.3 Å². The fraction of sp³-hybridized carbons (Fsp3) is 0.297. The number of H-pyrrole nitrogens is 1. The number of carbonyl (C=O) groups excluding carboxylic acids is 3. The van der Waals surface area contributed by atoms with E-state index in [1.54, 1.807) is 36.4 Å². The zero-order valence-corrected chi connectivity index (χ0v) is 26.5. The molecule has 0 spiro atoms. The van der Waals surface area contributed by atoms with Crippen LogP contribution in [0.2, 0.25) is 0 Å². The van der Waals surface area contributed by atoms with Gasteiger partial charge in [-0.25, -0.2) is 9.78 Å². The summed E-state index contributed by atoms with van der Waals surface area (Å²) in [5, 5.41) is 5.43. The Morgan fingerprint density at radius 3 is 2.04 bits per heavy atom. The molecule has 0 fully saturated rings. The number of para-hydroxylation sites is 1. The number of ether oxygens (including phenoxy) is 1. The van der Waals surface area contributed by atoms with E-state index in [1.165, 1.54) is 0 Å². The highest BCUT2D eigenvalue weighted by atomic mass is 16.6. The van der Waals surface area contributed by atoms with Gasteiger partial charge in [0.05, 0.1) is 11.1 Å². The molecule has 3 aromatic rings. The van der Waals surface area contributed by atoms with Crippen LogP contribution in [0.25, 0.3) is 22.4 Å². The lowest BCUT2D eigenvalue weighted by atomic mass is 10.2. The molecule has 242 valence electrons. The number of aromatic nitrogens is 2. The van der Waals surface area contributed by atoms with E-state index in [4.69, 9.17) is 10.5 Å². The molecule has 2 aromatic carbocycles. The van der Waals surface area contributed by atoms with Gasteiger partial charge in [0.15, 0.2) is 0 Å². The lowest BCUT2D eigenvalue weighted by Gasteiger charge is -2.08. The van der Waals surface area contributed by atoms with E-state index >= 15 is 0 Å². The summed E-state index contributed by atoms with van der Waals surface area (Å²) in [5.74, 6) is 0.324. The fourth-order valence-electron chi connectivity index (χ4n) is 4.40. The Morgan fingerprint density at radius 1 is 0.804 bits per heavy atom. The number of aromatic amines is 1. The van der Waals surface area contributed by atoms with Gasteiger partial charge in [0.1, 0.15) is 17.1 Å². The molecule has 3 rings (SSSR count). The topological polar surface area (TPSA) is 139 Å². The minimum absolute atomic E-state index is 0.0494. The molecule has 5 N–H and O–H groups in total. The average Bonchev–Trinajstić information content (AvgIpc) is 3.49. The van der Waals surface area contributed by atoms with Gasteiger partial charge in [0, 0.05) is 25.1 Å². The lowest BCUT2D eigenvalue weighted by molar-refractivity contribution is -0.121. The summed E-state index contributed by atoms with van der Waals surface area (Å²) in [5.41, 5.74) is 7.74. The van der Waals surface area contributed by atoms with Crippen LogP contribution >= 0.6 is 0 Å². The number of carbonyl (C=O) groups is 3. The van der Waals surface area contributed by atoms with Crippen LogP contribution in [0.5, 0.6) is 5.75 Å². The Hall–Kier alpha value is -5.18. The number of allylic oxidation sites excluding steroid dienone is 10. The van der Waals surface area contributed by atoms with Crippen molar-refractivity contribution in [2.75, 3.05) is 13.1 Å². The van der Waals surface area contributed by atoms with Crippen LogP contribution in [0, 0.1) is 0 Å². The minimum Gasteiger partial charge on any atom is -0.410 e. The minimum atomic E-state index is -0.616. The van der Waals surface area contributed by atoms with Gasteiger partial charge in [-0.2, -0.15) is 0 Å². The highest BCUT2D eigenvalue weighted by Gasteiger charge is 2.12. The van der Waals surface area contributed by atoms with Crippen LogP contribution in [-0.2, 0) is 4.79 Å². The average molecular weight is 624 g/mol. The molecule has 9 nitrogen and oxygen atoms in total. The van der Waals surface area contributed by atoms with E-state index < -0.39 is 12.0 Å². The second-order valence-corrected chi connectivity index (χ2v) is 10.4. The van der Waals surface area contributed by atoms with E-state index in [-0.39, 0.29) is 12.5 Å². The maximum atomic E-state index is 12.1. The Kier molecular flexibility index (Phi) is 15.9. The Morgan fingerprint density at radius 2 is 1.41 bits per heavy atom. The molecule has 0 saturated carbocycles. The normalized spacial score (nSPS) is 11.9. The van der Waals surface area contributed by atoms with Crippen molar-refractivity contribution < 1.29 is 19.1 Å². The quantitative estimate of drug-likeness (QED) is 0.0811. The smallest absolute Gasteiger partial charge is 0.410 e. The fourth-order valence-corrected chi connectivity index (χ4v) is 4.40. The molecule has 1 aromatic heterocycles. The number of nitrogens with zero attached hydrogens (tertiary/aromatic N) is 1. The summed E-state index contributed by atoms with van der Waals surface area (Å²) in [4.78, 5) is 43.5. The number of benzene rings is 2. The van der Waals surface area contributed by atoms with Gasteiger partial charge in [0.2, 0.25) is 5.91 Å². The monoisotopic (exact) mass is 623 g/mol. The number of nitrogens with one attached hydrogen (secondary N) is 3. The van der Waals surface area contributed by atoms with Crippen molar-refractivity contribution in [3.63, 3.8) is 0 Å². The van der Waals surface area contributed by atoms with Crippen molar-refractivity contribution in [2.45, 2.75) is 58.3 Å². The molecule has 46 heavy (non-hydrogen) atoms. The number of hydrogen-bond acceptors (Lipinski definition) is 5. The largest absolute Gasteiger partial charge is 0.412 e. The van der Waals surface area contributed by atoms with Crippen molar-refractivity contribution in [1.29, 1.82) is 0 Å². The third kappa shape index (κ3) is 13.2. The molecule has 0 aliphatic carbocycles. The van der Waals surface area contributed by atoms with E-state index in [0.717, 1.165) is 50.5 Å². The summed E-state index contributed by atoms with van der Waals surface area (Å²) in [6.07, 6.45) is 28.0. The summed E-state index contributed by atoms with van der Waals surface area (Å²) >= 11 is 0. The Balaban J connectivity index is 1.22. The first-order valence-corrected chi connectivity index (χ1v) is 15.8. The third-order valence-corrected chi connectivity index (χ3v) is 6.77. The predicted octanol–water partition coefficient (Wildman–Crippen LogP) is 7.46. The highest BCUT2D eigenvalue weighted by Crippen LogP contribution is 2.24. The van der Waals surface area contributed by atoms with Crippen molar-refractivity contribution in [3.05, 3.63) is 109 Å². The van der Waals surface area contributed by atoms with Crippen LogP contribution in [0.3, 0.4) is 0 Å². The first kappa shape index (κ1) is 35.3. The van der Waals surface area contributed by atoms with E-state index in [1.807, 2.05) is 6.07 Å². The Bertz CT molecular complexity index is 1550. The number of hydrogen-bond donors (Lipinski definition) is 4. The van der Waals surface area contributed by atoms with Gasteiger partial charge in [-0.3, -0.25) is 9.59 Å².